The Labute approximate surface area is 89.6 Å². The molecule has 1 aromatic rings. The van der Waals surface area contributed by atoms with Crippen LogP contribution in [0.3, 0.4) is 0 Å². The molecule has 0 atom stereocenters. The second-order valence-corrected chi connectivity index (χ2v) is 3.06. The lowest BCUT2D eigenvalue weighted by atomic mass is 10.1. The zero-order valence-corrected chi connectivity index (χ0v) is 8.21. The number of nitrogen functional groups attached to an aromatic ring is 2. The van der Waals surface area contributed by atoms with Crippen molar-refractivity contribution in [2.24, 2.45) is 0 Å². The molecule has 0 bridgehead atoms. The van der Waals surface area contributed by atoms with Crippen molar-refractivity contribution in [3.63, 3.8) is 0 Å². The molecule has 0 spiro atoms. The fraction of sp³-hybridized carbons (Fsp3) is 0.333. The number of hydrogen-bond acceptors (Lipinski definition) is 4. The minimum absolute atomic E-state index is 0.0961. The highest BCUT2D eigenvalue weighted by atomic mass is 19.4. The Balaban J connectivity index is 3.21. The van der Waals surface area contributed by atoms with Crippen LogP contribution in [-0.4, -0.2) is 18.3 Å². The number of aliphatic hydroxyl groups excluding tert-OH is 1. The molecule has 0 saturated heterocycles. The van der Waals surface area contributed by atoms with Gasteiger partial charge in [-0.15, -0.1) is 0 Å². The molecule has 0 amide bonds. The van der Waals surface area contributed by atoms with Crippen LogP contribution in [0, 0.1) is 0 Å². The summed E-state index contributed by atoms with van der Waals surface area (Å²) in [6, 6.07) is 1.91. The van der Waals surface area contributed by atoms with Crippen molar-refractivity contribution in [1.82, 2.24) is 0 Å². The minimum Gasteiger partial charge on any atom is -0.488 e. The van der Waals surface area contributed by atoms with Crippen LogP contribution in [-0.2, 0) is 6.18 Å². The van der Waals surface area contributed by atoms with Crippen molar-refractivity contribution in [1.29, 1.82) is 0 Å². The van der Waals surface area contributed by atoms with Crippen LogP contribution < -0.4 is 16.2 Å². The van der Waals surface area contributed by atoms with E-state index in [0.29, 0.717) is 0 Å². The second kappa shape index (κ2) is 4.48. The van der Waals surface area contributed by atoms with Crippen LogP contribution in [0.25, 0.3) is 0 Å². The molecule has 0 fully saturated rings. The maximum atomic E-state index is 12.6. The summed E-state index contributed by atoms with van der Waals surface area (Å²) in [5, 5.41) is 8.49. The molecule has 5 N–H and O–H groups in total. The molecule has 0 aliphatic carbocycles. The molecule has 0 heterocycles. The first-order valence-electron chi connectivity index (χ1n) is 4.36. The smallest absolute Gasteiger partial charge is 0.420 e. The Hall–Kier alpha value is -1.63. The summed E-state index contributed by atoms with van der Waals surface area (Å²) in [7, 11) is 0. The number of halogens is 3. The van der Waals surface area contributed by atoms with Gasteiger partial charge in [0, 0.05) is 5.69 Å². The molecular weight excluding hydrogens is 225 g/mol. The van der Waals surface area contributed by atoms with Crippen molar-refractivity contribution in [3.8, 4) is 5.75 Å². The fourth-order valence-electron chi connectivity index (χ4n) is 1.19. The minimum atomic E-state index is -4.60. The molecule has 1 rings (SSSR count). The maximum absolute atomic E-state index is 12.6. The molecule has 0 aliphatic rings. The zero-order chi connectivity index (χ0) is 12.3. The first kappa shape index (κ1) is 12.4. The van der Waals surface area contributed by atoms with E-state index in [1.807, 2.05) is 0 Å². The van der Waals surface area contributed by atoms with Gasteiger partial charge in [-0.25, -0.2) is 0 Å². The van der Waals surface area contributed by atoms with E-state index in [1.54, 1.807) is 0 Å². The summed E-state index contributed by atoms with van der Waals surface area (Å²) in [6.45, 7) is -0.668. The van der Waals surface area contributed by atoms with Crippen molar-refractivity contribution < 1.29 is 23.0 Å². The predicted molar refractivity (Wildman–Crippen MR) is 52.8 cm³/mol. The van der Waals surface area contributed by atoms with E-state index in [9.17, 15) is 13.2 Å². The first-order chi connectivity index (χ1) is 7.36. The number of hydrogen-bond donors (Lipinski definition) is 3. The highest BCUT2D eigenvalue weighted by molar-refractivity contribution is 5.65. The Kier molecular flexibility index (Phi) is 3.48. The van der Waals surface area contributed by atoms with Crippen LogP contribution in [0.2, 0.25) is 0 Å². The van der Waals surface area contributed by atoms with Gasteiger partial charge >= 0.3 is 6.18 Å². The van der Waals surface area contributed by atoms with Gasteiger partial charge in [-0.05, 0) is 12.1 Å². The summed E-state index contributed by atoms with van der Waals surface area (Å²) < 4.78 is 42.5. The van der Waals surface area contributed by atoms with Gasteiger partial charge in [-0.2, -0.15) is 13.2 Å². The Morgan fingerprint density at radius 2 is 1.88 bits per heavy atom. The molecule has 16 heavy (non-hydrogen) atoms. The molecule has 4 nitrogen and oxygen atoms in total. The number of rotatable bonds is 3. The highest BCUT2D eigenvalue weighted by Crippen LogP contribution is 2.40. The topological polar surface area (TPSA) is 81.5 Å². The van der Waals surface area contributed by atoms with Gasteiger partial charge in [0.1, 0.15) is 12.2 Å². The lowest BCUT2D eigenvalue weighted by Gasteiger charge is -2.16. The molecular formula is C9H11F3N2O2. The van der Waals surface area contributed by atoms with Crippen molar-refractivity contribution in [3.05, 3.63) is 17.7 Å². The number of benzene rings is 1. The monoisotopic (exact) mass is 236 g/mol. The van der Waals surface area contributed by atoms with Gasteiger partial charge in [0.05, 0.1) is 12.3 Å². The van der Waals surface area contributed by atoms with Gasteiger partial charge in [0.2, 0.25) is 0 Å². The van der Waals surface area contributed by atoms with Gasteiger partial charge in [-0.1, -0.05) is 0 Å². The largest absolute Gasteiger partial charge is 0.488 e. The van der Waals surface area contributed by atoms with E-state index in [4.69, 9.17) is 21.3 Å². The van der Waals surface area contributed by atoms with E-state index in [1.165, 1.54) is 6.07 Å². The van der Waals surface area contributed by atoms with E-state index >= 15 is 0 Å². The number of aliphatic hydroxyl groups is 1. The quantitative estimate of drug-likeness (QED) is 0.689. The Morgan fingerprint density at radius 1 is 1.25 bits per heavy atom. The third-order valence-electron chi connectivity index (χ3n) is 1.78. The number of anilines is 2. The number of nitrogens with two attached hydrogens (primary N) is 2. The number of ether oxygens (including phenoxy) is 1. The molecule has 90 valence electrons. The normalized spacial score (nSPS) is 11.5. The maximum Gasteiger partial charge on any atom is 0.420 e. The Morgan fingerprint density at radius 3 is 2.38 bits per heavy atom. The average Bonchev–Trinajstić information content (AvgIpc) is 2.14. The average molecular weight is 236 g/mol. The van der Waals surface area contributed by atoms with E-state index in [-0.39, 0.29) is 18.0 Å². The molecule has 0 aliphatic heterocycles. The van der Waals surface area contributed by atoms with Crippen LogP contribution >= 0.6 is 0 Å². The van der Waals surface area contributed by atoms with Gasteiger partial charge in [0.15, 0.2) is 5.75 Å². The van der Waals surface area contributed by atoms with Gasteiger partial charge in [-0.3, -0.25) is 0 Å². The Bertz CT molecular complexity index is 380. The lowest BCUT2D eigenvalue weighted by Crippen LogP contribution is -2.13. The van der Waals surface area contributed by atoms with Crippen molar-refractivity contribution in [2.75, 3.05) is 24.7 Å². The predicted octanol–water partition coefficient (Wildman–Crippen LogP) is 1.24. The van der Waals surface area contributed by atoms with Crippen molar-refractivity contribution >= 4 is 11.4 Å². The van der Waals surface area contributed by atoms with Crippen LogP contribution in [0.4, 0.5) is 24.5 Å². The molecule has 0 radical (unpaired) electrons. The van der Waals surface area contributed by atoms with E-state index < -0.39 is 24.1 Å². The van der Waals surface area contributed by atoms with Crippen LogP contribution in [0.1, 0.15) is 5.56 Å². The third-order valence-corrected chi connectivity index (χ3v) is 1.78. The summed E-state index contributed by atoms with van der Waals surface area (Å²) in [5.41, 5.74) is 9.29. The highest BCUT2D eigenvalue weighted by Gasteiger charge is 2.35. The van der Waals surface area contributed by atoms with Crippen molar-refractivity contribution in [2.45, 2.75) is 6.18 Å². The third kappa shape index (κ3) is 2.69. The van der Waals surface area contributed by atoms with Gasteiger partial charge in [0.25, 0.3) is 0 Å². The van der Waals surface area contributed by atoms with E-state index in [2.05, 4.69) is 0 Å². The molecule has 7 heteroatoms. The number of alkyl halides is 3. The molecule has 0 saturated carbocycles. The van der Waals surface area contributed by atoms with Crippen LogP contribution in [0.15, 0.2) is 12.1 Å². The SMILES string of the molecule is Nc1cc(N)c(OCCO)c(C(F)(F)F)c1. The summed E-state index contributed by atoms with van der Waals surface area (Å²) in [4.78, 5) is 0. The van der Waals surface area contributed by atoms with Gasteiger partial charge < -0.3 is 21.3 Å². The summed E-state index contributed by atoms with van der Waals surface area (Å²) in [5.74, 6) is -0.504. The summed E-state index contributed by atoms with van der Waals surface area (Å²) >= 11 is 0. The first-order valence-corrected chi connectivity index (χ1v) is 4.36. The molecule has 0 aromatic heterocycles. The molecule has 1 aromatic carbocycles. The zero-order valence-electron chi connectivity index (χ0n) is 8.21. The standard InChI is InChI=1S/C9H11F3N2O2/c10-9(11,12)6-3-5(13)4-7(14)8(6)16-2-1-15/h3-4,15H,1-2,13-14H2. The van der Waals surface area contributed by atoms with E-state index in [0.717, 1.165) is 6.07 Å². The molecule has 0 unspecified atom stereocenters. The fourth-order valence-corrected chi connectivity index (χ4v) is 1.19. The lowest BCUT2D eigenvalue weighted by molar-refractivity contribution is -0.138. The van der Waals surface area contributed by atoms with Crippen LogP contribution in [0.5, 0.6) is 5.75 Å². The summed E-state index contributed by atoms with van der Waals surface area (Å²) in [6.07, 6.45) is -4.60. The second-order valence-electron chi connectivity index (χ2n) is 3.06.